The topological polar surface area (TPSA) is 61.6 Å². The van der Waals surface area contributed by atoms with Gasteiger partial charge < -0.3 is 5.32 Å². The molecule has 0 atom stereocenters. The number of aromatic nitrogens is 2. The molecule has 0 bridgehead atoms. The second-order valence-corrected chi connectivity index (χ2v) is 6.77. The van der Waals surface area contributed by atoms with Gasteiger partial charge in [0.1, 0.15) is 11.6 Å². The van der Waals surface area contributed by atoms with Gasteiger partial charge in [-0.1, -0.05) is 48.2 Å². The molecule has 0 spiro atoms. The van der Waals surface area contributed by atoms with Crippen LogP contribution >= 0.6 is 23.5 Å². The van der Waals surface area contributed by atoms with Crippen LogP contribution in [0.15, 0.2) is 64.6 Å². The molecule has 0 fully saturated rings. The summed E-state index contributed by atoms with van der Waals surface area (Å²) in [6.45, 7) is 0. The van der Waals surface area contributed by atoms with Crippen LogP contribution in [-0.2, 0) is 0 Å². The Morgan fingerprint density at radius 2 is 1.76 bits per heavy atom. The summed E-state index contributed by atoms with van der Waals surface area (Å²) in [7, 11) is 0. The molecule has 1 aromatic heterocycles. The Bertz CT molecular complexity index is 920. The number of nitriles is 1. The molecule has 0 unspecified atom stereocenters. The van der Waals surface area contributed by atoms with E-state index < -0.39 is 0 Å². The van der Waals surface area contributed by atoms with E-state index in [0.29, 0.717) is 22.2 Å². The first-order chi connectivity index (χ1) is 12.2. The first-order valence-electron chi connectivity index (χ1n) is 7.57. The van der Waals surface area contributed by atoms with Crippen molar-refractivity contribution in [1.29, 1.82) is 5.26 Å². The van der Waals surface area contributed by atoms with E-state index in [-0.39, 0.29) is 0 Å². The predicted molar refractivity (Wildman–Crippen MR) is 105 cm³/mol. The lowest BCUT2D eigenvalue weighted by Gasteiger charge is -2.12. The SMILES string of the molecule is CSc1cccc(Nc2nc(SC)nc(-c3ccccc3)c2C#N)c1. The van der Waals surface area contributed by atoms with Crippen LogP contribution in [0.25, 0.3) is 11.3 Å². The number of hydrogen-bond donors (Lipinski definition) is 1. The summed E-state index contributed by atoms with van der Waals surface area (Å²) >= 11 is 3.12. The minimum absolute atomic E-state index is 0.443. The molecule has 0 aliphatic rings. The summed E-state index contributed by atoms with van der Waals surface area (Å²) < 4.78 is 0. The summed E-state index contributed by atoms with van der Waals surface area (Å²) in [5.41, 5.74) is 2.88. The number of benzene rings is 2. The molecule has 0 aliphatic carbocycles. The normalized spacial score (nSPS) is 10.3. The number of thioether (sulfide) groups is 2. The molecule has 3 aromatic rings. The highest BCUT2D eigenvalue weighted by atomic mass is 32.2. The van der Waals surface area contributed by atoms with Crippen molar-refractivity contribution >= 4 is 35.0 Å². The smallest absolute Gasteiger partial charge is 0.189 e. The van der Waals surface area contributed by atoms with Crippen molar-refractivity contribution < 1.29 is 0 Å². The van der Waals surface area contributed by atoms with E-state index in [0.717, 1.165) is 16.1 Å². The molecule has 0 radical (unpaired) electrons. The zero-order valence-electron chi connectivity index (χ0n) is 13.9. The van der Waals surface area contributed by atoms with Crippen LogP contribution < -0.4 is 5.32 Å². The number of nitrogens with one attached hydrogen (secondary N) is 1. The summed E-state index contributed by atoms with van der Waals surface area (Å²) in [5.74, 6) is 0.527. The molecule has 3 rings (SSSR count). The van der Waals surface area contributed by atoms with E-state index in [2.05, 4.69) is 21.4 Å². The van der Waals surface area contributed by atoms with Crippen molar-refractivity contribution in [3.8, 4) is 17.3 Å². The number of rotatable bonds is 5. The van der Waals surface area contributed by atoms with E-state index in [1.165, 1.54) is 11.8 Å². The van der Waals surface area contributed by atoms with Gasteiger partial charge in [0, 0.05) is 16.1 Å². The van der Waals surface area contributed by atoms with Crippen molar-refractivity contribution in [2.24, 2.45) is 0 Å². The lowest BCUT2D eigenvalue weighted by Crippen LogP contribution is -2.03. The maximum absolute atomic E-state index is 9.72. The van der Waals surface area contributed by atoms with Gasteiger partial charge in [0.05, 0.1) is 5.69 Å². The van der Waals surface area contributed by atoms with Gasteiger partial charge in [0.25, 0.3) is 0 Å². The van der Waals surface area contributed by atoms with Gasteiger partial charge in [-0.25, -0.2) is 9.97 Å². The Morgan fingerprint density at radius 3 is 2.44 bits per heavy atom. The fraction of sp³-hybridized carbons (Fsp3) is 0.105. The zero-order chi connectivity index (χ0) is 17.6. The molecular weight excluding hydrogens is 348 g/mol. The lowest BCUT2D eigenvalue weighted by molar-refractivity contribution is 0.975. The molecule has 0 saturated heterocycles. The fourth-order valence-electron chi connectivity index (χ4n) is 2.37. The van der Waals surface area contributed by atoms with E-state index in [1.807, 2.05) is 67.1 Å². The second kappa shape index (κ2) is 8.06. The Labute approximate surface area is 155 Å². The number of hydrogen-bond acceptors (Lipinski definition) is 6. The van der Waals surface area contributed by atoms with E-state index in [1.54, 1.807) is 11.8 Å². The molecule has 0 amide bonds. The third-order valence-corrected chi connectivity index (χ3v) is 4.84. The zero-order valence-corrected chi connectivity index (χ0v) is 15.5. The summed E-state index contributed by atoms with van der Waals surface area (Å²) in [5, 5.41) is 13.6. The molecular formula is C19H16N4S2. The van der Waals surface area contributed by atoms with Crippen molar-refractivity contribution in [2.75, 3.05) is 17.8 Å². The molecule has 0 saturated carbocycles. The Hall–Kier alpha value is -2.49. The van der Waals surface area contributed by atoms with Crippen molar-refractivity contribution in [1.82, 2.24) is 9.97 Å². The van der Waals surface area contributed by atoms with Gasteiger partial charge in [-0.05, 0) is 30.7 Å². The van der Waals surface area contributed by atoms with Gasteiger partial charge >= 0.3 is 0 Å². The Balaban J connectivity index is 2.11. The predicted octanol–water partition coefficient (Wildman–Crippen LogP) is 5.20. The van der Waals surface area contributed by atoms with Crippen LogP contribution in [0, 0.1) is 11.3 Å². The maximum atomic E-state index is 9.72. The Morgan fingerprint density at radius 1 is 0.960 bits per heavy atom. The summed E-state index contributed by atoms with van der Waals surface area (Å²) in [6, 6.07) is 20.0. The summed E-state index contributed by atoms with van der Waals surface area (Å²) in [6.07, 6.45) is 3.96. The molecule has 4 nitrogen and oxygen atoms in total. The minimum Gasteiger partial charge on any atom is -0.339 e. The quantitative estimate of drug-likeness (QED) is 0.496. The van der Waals surface area contributed by atoms with Gasteiger partial charge in [0.2, 0.25) is 0 Å². The maximum Gasteiger partial charge on any atom is 0.189 e. The first-order valence-corrected chi connectivity index (χ1v) is 10.0. The third kappa shape index (κ3) is 3.95. The molecule has 124 valence electrons. The number of nitrogens with zero attached hydrogens (tertiary/aromatic N) is 3. The average Bonchev–Trinajstić information content (AvgIpc) is 2.68. The van der Waals surface area contributed by atoms with Crippen LogP contribution in [-0.4, -0.2) is 22.5 Å². The van der Waals surface area contributed by atoms with Gasteiger partial charge in [-0.15, -0.1) is 11.8 Å². The molecule has 25 heavy (non-hydrogen) atoms. The molecule has 0 aliphatic heterocycles. The van der Waals surface area contributed by atoms with E-state index in [4.69, 9.17) is 0 Å². The van der Waals surface area contributed by atoms with Crippen LogP contribution in [0.5, 0.6) is 0 Å². The van der Waals surface area contributed by atoms with Crippen molar-refractivity contribution in [3.63, 3.8) is 0 Å². The molecule has 2 aromatic carbocycles. The van der Waals surface area contributed by atoms with Gasteiger partial charge in [-0.3, -0.25) is 0 Å². The van der Waals surface area contributed by atoms with Crippen LogP contribution in [0.3, 0.4) is 0 Å². The van der Waals surface area contributed by atoms with Gasteiger partial charge in [0.15, 0.2) is 11.0 Å². The standard InChI is InChI=1S/C19H16N4S2/c1-24-15-10-6-9-14(11-15)21-18-16(12-20)17(22-19(23-18)25-2)13-7-4-3-5-8-13/h3-11H,1-2H3,(H,21,22,23). The molecule has 1 N–H and O–H groups in total. The number of anilines is 2. The van der Waals surface area contributed by atoms with E-state index in [9.17, 15) is 5.26 Å². The van der Waals surface area contributed by atoms with Crippen LogP contribution in [0.4, 0.5) is 11.5 Å². The minimum atomic E-state index is 0.443. The summed E-state index contributed by atoms with van der Waals surface area (Å²) in [4.78, 5) is 10.2. The molecule has 6 heteroatoms. The molecule has 1 heterocycles. The third-order valence-electron chi connectivity index (χ3n) is 3.56. The highest BCUT2D eigenvalue weighted by Crippen LogP contribution is 2.30. The Kier molecular flexibility index (Phi) is 5.59. The van der Waals surface area contributed by atoms with Crippen molar-refractivity contribution in [3.05, 3.63) is 60.2 Å². The second-order valence-electron chi connectivity index (χ2n) is 5.12. The van der Waals surface area contributed by atoms with Crippen molar-refractivity contribution in [2.45, 2.75) is 10.1 Å². The average molecular weight is 364 g/mol. The highest BCUT2D eigenvalue weighted by Gasteiger charge is 2.16. The monoisotopic (exact) mass is 364 g/mol. The van der Waals surface area contributed by atoms with Gasteiger partial charge in [-0.2, -0.15) is 5.26 Å². The lowest BCUT2D eigenvalue weighted by atomic mass is 10.1. The highest BCUT2D eigenvalue weighted by molar-refractivity contribution is 7.98. The van der Waals surface area contributed by atoms with Crippen LogP contribution in [0.2, 0.25) is 0 Å². The largest absolute Gasteiger partial charge is 0.339 e. The van der Waals surface area contributed by atoms with E-state index >= 15 is 0 Å². The first kappa shape index (κ1) is 17.3. The van der Waals surface area contributed by atoms with Crippen LogP contribution in [0.1, 0.15) is 5.56 Å². The fourth-order valence-corrected chi connectivity index (χ4v) is 3.19.